The van der Waals surface area contributed by atoms with E-state index in [1.807, 2.05) is 13.2 Å². The SMILES string of the molecule is CSCC(C)(O)CNCc1ccc(C2CC2)cc1. The van der Waals surface area contributed by atoms with E-state index in [2.05, 4.69) is 29.6 Å². The van der Waals surface area contributed by atoms with Crippen LogP contribution in [0.15, 0.2) is 24.3 Å². The summed E-state index contributed by atoms with van der Waals surface area (Å²) in [5, 5.41) is 13.4. The molecule has 100 valence electrons. The number of thioether (sulfide) groups is 1. The average molecular weight is 265 g/mol. The highest BCUT2D eigenvalue weighted by atomic mass is 32.2. The molecule has 1 saturated carbocycles. The van der Waals surface area contributed by atoms with Crippen LogP contribution in [0, 0.1) is 0 Å². The lowest BCUT2D eigenvalue weighted by molar-refractivity contribution is 0.0846. The van der Waals surface area contributed by atoms with Crippen LogP contribution in [0.3, 0.4) is 0 Å². The summed E-state index contributed by atoms with van der Waals surface area (Å²) < 4.78 is 0. The molecule has 0 aromatic heterocycles. The van der Waals surface area contributed by atoms with Gasteiger partial charge in [0.2, 0.25) is 0 Å². The highest BCUT2D eigenvalue weighted by Gasteiger charge is 2.23. The second-order valence-corrected chi connectivity index (χ2v) is 6.42. The monoisotopic (exact) mass is 265 g/mol. The molecule has 1 atom stereocenters. The van der Waals surface area contributed by atoms with Crippen molar-refractivity contribution in [1.29, 1.82) is 0 Å². The molecule has 0 spiro atoms. The van der Waals surface area contributed by atoms with Gasteiger partial charge >= 0.3 is 0 Å². The Bertz CT molecular complexity index is 371. The molecule has 0 radical (unpaired) electrons. The van der Waals surface area contributed by atoms with Crippen LogP contribution in [0.25, 0.3) is 0 Å². The molecule has 0 amide bonds. The molecule has 1 fully saturated rings. The van der Waals surface area contributed by atoms with Gasteiger partial charge in [0.25, 0.3) is 0 Å². The first kappa shape index (κ1) is 13.9. The zero-order valence-electron chi connectivity index (χ0n) is 11.3. The van der Waals surface area contributed by atoms with Crippen molar-refractivity contribution in [2.75, 3.05) is 18.6 Å². The van der Waals surface area contributed by atoms with Crippen LogP contribution in [0.1, 0.15) is 36.8 Å². The number of rotatable bonds is 7. The zero-order valence-corrected chi connectivity index (χ0v) is 12.1. The Hall–Kier alpha value is -0.510. The molecule has 0 heterocycles. The van der Waals surface area contributed by atoms with Crippen LogP contribution < -0.4 is 5.32 Å². The minimum absolute atomic E-state index is 0.618. The molecule has 1 unspecified atom stereocenters. The Balaban J connectivity index is 1.75. The smallest absolute Gasteiger partial charge is 0.0833 e. The van der Waals surface area contributed by atoms with Gasteiger partial charge in [0, 0.05) is 18.8 Å². The first-order chi connectivity index (χ1) is 8.61. The topological polar surface area (TPSA) is 32.3 Å². The van der Waals surface area contributed by atoms with Gasteiger partial charge in [-0.25, -0.2) is 0 Å². The van der Waals surface area contributed by atoms with Crippen molar-refractivity contribution in [1.82, 2.24) is 5.32 Å². The first-order valence-corrected chi connectivity index (χ1v) is 8.01. The number of benzene rings is 1. The van der Waals surface area contributed by atoms with E-state index in [4.69, 9.17) is 0 Å². The fraction of sp³-hybridized carbons (Fsp3) is 0.600. The minimum Gasteiger partial charge on any atom is -0.388 e. The fourth-order valence-corrected chi connectivity index (χ4v) is 2.89. The van der Waals surface area contributed by atoms with E-state index in [1.165, 1.54) is 24.0 Å². The largest absolute Gasteiger partial charge is 0.388 e. The fourth-order valence-electron chi connectivity index (χ4n) is 2.16. The van der Waals surface area contributed by atoms with E-state index in [0.29, 0.717) is 6.54 Å². The van der Waals surface area contributed by atoms with Crippen LogP contribution in [0.2, 0.25) is 0 Å². The zero-order chi connectivity index (χ0) is 13.0. The summed E-state index contributed by atoms with van der Waals surface area (Å²) in [5.41, 5.74) is 2.15. The Kier molecular flexibility index (Phi) is 4.71. The molecule has 3 heteroatoms. The summed E-state index contributed by atoms with van der Waals surface area (Å²) in [7, 11) is 0. The maximum Gasteiger partial charge on any atom is 0.0833 e. The number of hydrogen-bond acceptors (Lipinski definition) is 3. The van der Waals surface area contributed by atoms with Crippen molar-refractivity contribution in [2.45, 2.75) is 37.8 Å². The van der Waals surface area contributed by atoms with Crippen molar-refractivity contribution in [3.63, 3.8) is 0 Å². The van der Waals surface area contributed by atoms with Crippen LogP contribution in [0.4, 0.5) is 0 Å². The van der Waals surface area contributed by atoms with Crippen molar-refractivity contribution in [3.8, 4) is 0 Å². The summed E-state index contributed by atoms with van der Waals surface area (Å²) in [6.07, 6.45) is 4.73. The summed E-state index contributed by atoms with van der Waals surface area (Å²) in [6, 6.07) is 8.89. The number of nitrogens with one attached hydrogen (secondary N) is 1. The highest BCUT2D eigenvalue weighted by Crippen LogP contribution is 2.39. The molecule has 0 aliphatic heterocycles. The van der Waals surface area contributed by atoms with Gasteiger partial charge in [-0.3, -0.25) is 0 Å². The first-order valence-electron chi connectivity index (χ1n) is 6.61. The summed E-state index contributed by atoms with van der Waals surface area (Å²) in [4.78, 5) is 0. The van der Waals surface area contributed by atoms with E-state index in [1.54, 1.807) is 11.8 Å². The molecule has 1 aromatic rings. The minimum atomic E-state index is -0.618. The van der Waals surface area contributed by atoms with Crippen LogP contribution in [-0.2, 0) is 6.54 Å². The van der Waals surface area contributed by atoms with Crippen molar-refractivity contribution in [3.05, 3.63) is 35.4 Å². The lowest BCUT2D eigenvalue weighted by Crippen LogP contribution is -2.39. The predicted octanol–water partition coefficient (Wildman–Crippen LogP) is 2.77. The third-order valence-corrected chi connectivity index (χ3v) is 4.23. The highest BCUT2D eigenvalue weighted by molar-refractivity contribution is 7.98. The van der Waals surface area contributed by atoms with Gasteiger partial charge in [-0.05, 0) is 43.1 Å². The molecule has 1 aliphatic carbocycles. The van der Waals surface area contributed by atoms with Gasteiger partial charge in [-0.15, -0.1) is 0 Å². The Morgan fingerprint density at radius 1 is 1.33 bits per heavy atom. The van der Waals surface area contributed by atoms with E-state index < -0.39 is 5.60 Å². The van der Waals surface area contributed by atoms with Crippen molar-refractivity contribution < 1.29 is 5.11 Å². The Morgan fingerprint density at radius 3 is 2.56 bits per heavy atom. The second kappa shape index (κ2) is 6.09. The standard InChI is InChI=1S/C15H23NOS/c1-15(17,11-18-2)10-16-9-12-3-5-13(6-4-12)14-7-8-14/h3-6,14,16-17H,7-11H2,1-2H3. The van der Waals surface area contributed by atoms with Gasteiger partial charge in [-0.1, -0.05) is 24.3 Å². The molecule has 0 saturated heterocycles. The molecule has 1 aliphatic rings. The van der Waals surface area contributed by atoms with Crippen LogP contribution in [-0.4, -0.2) is 29.3 Å². The van der Waals surface area contributed by atoms with Crippen LogP contribution in [0.5, 0.6) is 0 Å². The molecule has 2 rings (SSSR count). The third kappa shape index (κ3) is 4.30. The molecular formula is C15H23NOS. The van der Waals surface area contributed by atoms with Gasteiger partial charge in [-0.2, -0.15) is 11.8 Å². The van der Waals surface area contributed by atoms with E-state index in [0.717, 1.165) is 18.2 Å². The van der Waals surface area contributed by atoms with Crippen molar-refractivity contribution in [2.24, 2.45) is 0 Å². The molecule has 18 heavy (non-hydrogen) atoms. The normalized spacial score (nSPS) is 18.6. The molecule has 2 nitrogen and oxygen atoms in total. The quantitative estimate of drug-likeness (QED) is 0.795. The van der Waals surface area contributed by atoms with E-state index in [9.17, 15) is 5.11 Å². The van der Waals surface area contributed by atoms with Gasteiger partial charge < -0.3 is 10.4 Å². The van der Waals surface area contributed by atoms with E-state index >= 15 is 0 Å². The lowest BCUT2D eigenvalue weighted by atomic mass is 10.1. The molecular weight excluding hydrogens is 242 g/mol. The van der Waals surface area contributed by atoms with Crippen molar-refractivity contribution >= 4 is 11.8 Å². The summed E-state index contributed by atoms with van der Waals surface area (Å²) in [5.74, 6) is 1.59. The number of aliphatic hydroxyl groups is 1. The molecule has 1 aromatic carbocycles. The Labute approximate surface area is 114 Å². The second-order valence-electron chi connectivity index (χ2n) is 5.55. The van der Waals surface area contributed by atoms with Gasteiger partial charge in [0.1, 0.15) is 0 Å². The predicted molar refractivity (Wildman–Crippen MR) is 79.1 cm³/mol. The lowest BCUT2D eigenvalue weighted by Gasteiger charge is -2.22. The van der Waals surface area contributed by atoms with Gasteiger partial charge in [0.15, 0.2) is 0 Å². The molecule has 2 N–H and O–H groups in total. The molecule has 0 bridgehead atoms. The summed E-state index contributed by atoms with van der Waals surface area (Å²) >= 11 is 1.68. The maximum atomic E-state index is 10.0. The maximum absolute atomic E-state index is 10.0. The van der Waals surface area contributed by atoms with E-state index in [-0.39, 0.29) is 0 Å². The number of hydrogen-bond donors (Lipinski definition) is 2. The third-order valence-electron chi connectivity index (χ3n) is 3.32. The van der Waals surface area contributed by atoms with Crippen LogP contribution >= 0.6 is 11.8 Å². The Morgan fingerprint density at radius 2 is 2.00 bits per heavy atom. The summed E-state index contributed by atoms with van der Waals surface area (Å²) in [6.45, 7) is 3.35. The van der Waals surface area contributed by atoms with Gasteiger partial charge in [0.05, 0.1) is 5.60 Å². The average Bonchev–Trinajstić information content (AvgIpc) is 3.13.